The number of pyridine rings is 2. The molecule has 3 heterocycles. The third-order valence-corrected chi connectivity index (χ3v) is 7.46. The van der Waals surface area contributed by atoms with Gasteiger partial charge in [-0.1, -0.05) is 24.3 Å². The maximum absolute atomic E-state index is 13.8. The number of nitriles is 1. The van der Waals surface area contributed by atoms with Crippen LogP contribution < -0.4 is 10.5 Å². The number of aliphatic carboxylic acids is 1. The van der Waals surface area contributed by atoms with E-state index >= 15 is 0 Å². The average molecular weight is 594 g/mol. The van der Waals surface area contributed by atoms with Crippen molar-refractivity contribution in [2.75, 3.05) is 24.5 Å². The lowest BCUT2D eigenvalue weighted by Gasteiger charge is -2.44. The zero-order chi connectivity index (χ0) is 27.8. The molecule has 198 valence electrons. The van der Waals surface area contributed by atoms with Crippen LogP contribution in [0.1, 0.15) is 22.7 Å². The van der Waals surface area contributed by atoms with Gasteiger partial charge in [0.05, 0.1) is 17.2 Å². The van der Waals surface area contributed by atoms with Gasteiger partial charge in [0.1, 0.15) is 39.4 Å². The Morgan fingerprint density at radius 3 is 2.18 bits per heavy atom. The number of carbonyl (C=O) groups is 1. The van der Waals surface area contributed by atoms with E-state index in [1.165, 1.54) is 28.8 Å². The van der Waals surface area contributed by atoms with Gasteiger partial charge in [0.15, 0.2) is 0 Å². The maximum Gasteiger partial charge on any atom is 0.322 e. The van der Waals surface area contributed by atoms with E-state index in [9.17, 15) is 28.7 Å². The van der Waals surface area contributed by atoms with Gasteiger partial charge in [-0.3, -0.25) is 14.5 Å². The fourth-order valence-electron chi connectivity index (χ4n) is 5.17. The molecule has 5 rings (SSSR count). The third kappa shape index (κ3) is 4.89. The van der Waals surface area contributed by atoms with Crippen molar-refractivity contribution in [3.63, 3.8) is 0 Å². The van der Waals surface area contributed by atoms with Crippen LogP contribution in [0.2, 0.25) is 0 Å². The van der Waals surface area contributed by atoms with Crippen molar-refractivity contribution in [3.05, 3.63) is 104 Å². The summed E-state index contributed by atoms with van der Waals surface area (Å²) in [5, 5.41) is 20.3. The summed E-state index contributed by atoms with van der Waals surface area (Å²) in [6.45, 7) is 0.430. The van der Waals surface area contributed by atoms with Gasteiger partial charge < -0.3 is 14.6 Å². The summed E-state index contributed by atoms with van der Waals surface area (Å²) in [7, 11) is 1.55. The fraction of sp³-hybridized carbons (Fsp3) is 0.214. The predicted octanol–water partition coefficient (Wildman–Crippen LogP) is 4.21. The number of anilines is 1. The minimum Gasteiger partial charge on any atom is -0.480 e. The minimum absolute atomic E-state index is 0.0562. The van der Waals surface area contributed by atoms with Crippen LogP contribution in [0.4, 0.5) is 14.5 Å². The number of fused-ring (bicyclic) bond motifs is 1. The predicted molar refractivity (Wildman–Crippen MR) is 144 cm³/mol. The summed E-state index contributed by atoms with van der Waals surface area (Å²) in [4.78, 5) is 33.7. The van der Waals surface area contributed by atoms with Crippen LogP contribution in [0.5, 0.6) is 0 Å². The molecule has 0 bridgehead atoms. The first kappa shape index (κ1) is 26.5. The first-order chi connectivity index (χ1) is 18.7. The Hall–Kier alpha value is -4.14. The maximum atomic E-state index is 13.8. The highest BCUT2D eigenvalue weighted by Crippen LogP contribution is 2.35. The number of hydrogen-bond acceptors (Lipinski definition) is 6. The first-order valence-electron chi connectivity index (χ1n) is 12.0. The van der Waals surface area contributed by atoms with Gasteiger partial charge in [-0.2, -0.15) is 5.26 Å². The number of carboxylic acids is 1. The van der Waals surface area contributed by atoms with Gasteiger partial charge in [-0.05, 0) is 63.5 Å². The number of benzene rings is 2. The molecule has 4 aromatic rings. The van der Waals surface area contributed by atoms with Crippen LogP contribution in [-0.4, -0.2) is 51.2 Å². The number of carboxylic acid groups (broad SMARTS) is 1. The number of rotatable bonds is 5. The van der Waals surface area contributed by atoms with E-state index in [0.29, 0.717) is 26.8 Å². The van der Waals surface area contributed by atoms with E-state index in [-0.39, 0.29) is 30.9 Å². The second-order valence-corrected chi connectivity index (χ2v) is 10.1. The Morgan fingerprint density at radius 2 is 1.64 bits per heavy atom. The molecule has 8 nitrogen and oxygen atoms in total. The number of hydrogen-bond donors (Lipinski definition) is 1. The van der Waals surface area contributed by atoms with Gasteiger partial charge in [0, 0.05) is 26.7 Å². The molecule has 2 aromatic heterocycles. The molecule has 1 aliphatic rings. The zero-order valence-electron chi connectivity index (χ0n) is 20.7. The van der Waals surface area contributed by atoms with Crippen LogP contribution >= 0.6 is 15.9 Å². The van der Waals surface area contributed by atoms with Crippen LogP contribution in [0, 0.1) is 23.0 Å². The van der Waals surface area contributed by atoms with Crippen LogP contribution in [0.15, 0.2) is 70.1 Å². The smallest absolute Gasteiger partial charge is 0.322 e. The monoisotopic (exact) mass is 593 g/mol. The molecule has 1 saturated heterocycles. The summed E-state index contributed by atoms with van der Waals surface area (Å²) < 4.78 is 29.4. The van der Waals surface area contributed by atoms with Crippen LogP contribution in [0.25, 0.3) is 11.0 Å². The van der Waals surface area contributed by atoms with Crippen molar-refractivity contribution in [2.24, 2.45) is 7.05 Å². The molecule has 0 spiro atoms. The largest absolute Gasteiger partial charge is 0.480 e. The Labute approximate surface area is 230 Å². The number of halogens is 3. The molecular weight excluding hydrogens is 572 g/mol. The summed E-state index contributed by atoms with van der Waals surface area (Å²) in [6, 6.07) is 15.2. The molecule has 1 aliphatic heterocycles. The Bertz CT molecular complexity index is 1620. The first-order valence-corrected chi connectivity index (χ1v) is 12.8. The minimum atomic E-state index is -1.12. The third-order valence-electron chi connectivity index (χ3n) is 7.02. The highest BCUT2D eigenvalue weighted by atomic mass is 79.9. The topological polar surface area (TPSA) is 102 Å². The number of nitrogens with zero attached hydrogens (tertiary/aromatic N) is 5. The Balaban J connectivity index is 1.62. The van der Waals surface area contributed by atoms with E-state index in [4.69, 9.17) is 0 Å². The molecule has 0 saturated carbocycles. The van der Waals surface area contributed by atoms with Crippen molar-refractivity contribution in [1.82, 2.24) is 14.5 Å². The molecular formula is C28H22BrF2N5O3. The number of aromatic nitrogens is 2. The fourth-order valence-corrected chi connectivity index (χ4v) is 5.48. The summed E-state index contributed by atoms with van der Waals surface area (Å²) >= 11 is 3.35. The lowest BCUT2D eigenvalue weighted by atomic mass is 9.94. The second kappa shape index (κ2) is 10.6. The molecule has 11 heteroatoms. The van der Waals surface area contributed by atoms with Crippen molar-refractivity contribution < 1.29 is 18.7 Å². The van der Waals surface area contributed by atoms with Gasteiger partial charge in [0.25, 0.3) is 5.56 Å². The molecule has 2 aromatic carbocycles. The quantitative estimate of drug-likeness (QED) is 0.346. The van der Waals surface area contributed by atoms with Crippen molar-refractivity contribution >= 4 is 38.6 Å². The van der Waals surface area contributed by atoms with E-state index in [1.54, 1.807) is 53.2 Å². The highest BCUT2D eigenvalue weighted by molar-refractivity contribution is 9.10. The summed E-state index contributed by atoms with van der Waals surface area (Å²) in [5.41, 5.74) is 1.84. The van der Waals surface area contributed by atoms with E-state index in [0.717, 1.165) is 0 Å². The molecule has 39 heavy (non-hydrogen) atoms. The van der Waals surface area contributed by atoms with Crippen molar-refractivity contribution in [1.29, 1.82) is 5.26 Å². The SMILES string of the molecule is Cn1c(=O)c(C#N)c(N2CCN(C(c3ccc(F)cc3)c3ccc(F)cc3)C(C(=O)O)C2)c2nc(Br)ccc21. The lowest BCUT2D eigenvalue weighted by Crippen LogP contribution is -2.58. The van der Waals surface area contributed by atoms with Crippen LogP contribution in [-0.2, 0) is 11.8 Å². The lowest BCUT2D eigenvalue weighted by molar-refractivity contribution is -0.144. The average Bonchev–Trinajstić information content (AvgIpc) is 2.92. The zero-order valence-corrected chi connectivity index (χ0v) is 22.3. The highest BCUT2D eigenvalue weighted by Gasteiger charge is 2.39. The van der Waals surface area contributed by atoms with Gasteiger partial charge in [-0.15, -0.1) is 0 Å². The summed E-state index contributed by atoms with van der Waals surface area (Å²) in [6.07, 6.45) is 0. The molecule has 0 aliphatic carbocycles. The van der Waals surface area contributed by atoms with E-state index < -0.39 is 35.2 Å². The van der Waals surface area contributed by atoms with Crippen molar-refractivity contribution in [3.8, 4) is 6.07 Å². The standard InChI is InChI=1S/C28H22BrF2N5O3/c1-34-21-10-11-23(29)33-24(21)26(20(14-32)27(34)37)35-12-13-36(22(15-35)28(38)39)25(16-2-6-18(30)7-3-16)17-4-8-19(31)9-5-17/h2-11,22,25H,12-13,15H2,1H3,(H,38,39). The second-order valence-electron chi connectivity index (χ2n) is 9.24. The van der Waals surface area contributed by atoms with E-state index in [1.807, 2.05) is 6.07 Å². The Kier molecular flexibility index (Phi) is 7.16. The molecule has 1 atom stereocenters. The summed E-state index contributed by atoms with van der Waals surface area (Å²) in [5.74, 6) is -1.98. The van der Waals surface area contributed by atoms with E-state index in [2.05, 4.69) is 20.9 Å². The normalized spacial score (nSPS) is 16.0. The van der Waals surface area contributed by atoms with Gasteiger partial charge in [-0.25, -0.2) is 13.8 Å². The molecule has 1 unspecified atom stereocenters. The Morgan fingerprint density at radius 1 is 1.05 bits per heavy atom. The van der Waals surface area contributed by atoms with Gasteiger partial charge >= 0.3 is 5.97 Å². The molecule has 1 fully saturated rings. The molecule has 0 amide bonds. The number of aryl methyl sites for hydroxylation is 1. The van der Waals surface area contributed by atoms with Crippen molar-refractivity contribution in [2.45, 2.75) is 12.1 Å². The van der Waals surface area contributed by atoms with Gasteiger partial charge in [0.2, 0.25) is 0 Å². The number of piperazine rings is 1. The van der Waals surface area contributed by atoms with Crippen LogP contribution in [0.3, 0.4) is 0 Å². The molecule has 0 radical (unpaired) electrons. The molecule has 1 N–H and O–H groups in total.